The van der Waals surface area contributed by atoms with Crippen molar-refractivity contribution in [3.63, 3.8) is 0 Å². The third-order valence-corrected chi connectivity index (χ3v) is 3.32. The monoisotopic (exact) mass is 299 g/mol. The summed E-state index contributed by atoms with van der Waals surface area (Å²) in [5.41, 5.74) is 1.23. The van der Waals surface area contributed by atoms with E-state index in [9.17, 15) is 0 Å². The molecule has 0 heterocycles. The molecule has 0 aliphatic heterocycles. The van der Waals surface area contributed by atoms with E-state index in [2.05, 4.69) is 61.1 Å². The molecule has 0 fully saturated rings. The quantitative estimate of drug-likeness (QED) is 0.863. The Labute approximate surface area is 113 Å². The van der Waals surface area contributed by atoms with Crippen LogP contribution >= 0.6 is 15.9 Å². The van der Waals surface area contributed by atoms with Gasteiger partial charge in [0.2, 0.25) is 0 Å². The van der Waals surface area contributed by atoms with Crippen molar-refractivity contribution in [1.82, 2.24) is 5.32 Å². The van der Waals surface area contributed by atoms with Crippen LogP contribution in [0.3, 0.4) is 0 Å². The first-order valence-corrected chi connectivity index (χ1v) is 6.97. The van der Waals surface area contributed by atoms with Crippen LogP contribution in [0.2, 0.25) is 0 Å². The number of hydrogen-bond donors (Lipinski definition) is 1. The van der Waals surface area contributed by atoms with E-state index in [1.165, 1.54) is 5.56 Å². The maximum Gasteiger partial charge on any atom is 0.133 e. The Morgan fingerprint density at radius 2 is 2.06 bits per heavy atom. The lowest BCUT2D eigenvalue weighted by atomic mass is 10.1. The van der Waals surface area contributed by atoms with Gasteiger partial charge in [-0.05, 0) is 53.0 Å². The zero-order valence-electron chi connectivity index (χ0n) is 11.1. The summed E-state index contributed by atoms with van der Waals surface area (Å²) in [6.45, 7) is 10.4. The lowest BCUT2D eigenvalue weighted by molar-refractivity contribution is 0.148. The van der Waals surface area contributed by atoms with E-state index < -0.39 is 0 Å². The topological polar surface area (TPSA) is 21.3 Å². The van der Waals surface area contributed by atoms with Crippen LogP contribution in [0, 0.1) is 12.8 Å². The number of rotatable bonds is 6. The standard InChI is InChI=1S/C14H22BrNO/c1-5-16-9-14(10(2)3)17-13-7-6-11(4)8-12(13)15/h6-8,10,14,16H,5,9H2,1-4H3. The Hall–Kier alpha value is -0.540. The van der Waals surface area contributed by atoms with Crippen molar-refractivity contribution in [2.75, 3.05) is 13.1 Å². The highest BCUT2D eigenvalue weighted by Crippen LogP contribution is 2.27. The number of nitrogens with one attached hydrogen (secondary N) is 1. The Kier molecular flexibility index (Phi) is 6.00. The summed E-state index contributed by atoms with van der Waals surface area (Å²) in [6.07, 6.45) is 0.203. The van der Waals surface area contributed by atoms with Gasteiger partial charge in [0, 0.05) is 6.54 Å². The van der Waals surface area contributed by atoms with Gasteiger partial charge in [0.15, 0.2) is 0 Å². The highest BCUT2D eigenvalue weighted by atomic mass is 79.9. The fourth-order valence-corrected chi connectivity index (χ4v) is 2.15. The number of hydrogen-bond acceptors (Lipinski definition) is 2. The van der Waals surface area contributed by atoms with E-state index in [4.69, 9.17) is 4.74 Å². The second kappa shape index (κ2) is 7.02. The van der Waals surface area contributed by atoms with Gasteiger partial charge in [-0.3, -0.25) is 0 Å². The lowest BCUT2D eigenvalue weighted by Gasteiger charge is -2.23. The first-order chi connectivity index (χ1) is 8.04. The number of halogens is 1. The van der Waals surface area contributed by atoms with E-state index in [0.29, 0.717) is 5.92 Å². The predicted octanol–water partition coefficient (Wildman–Crippen LogP) is 3.77. The number of aryl methyl sites for hydroxylation is 1. The largest absolute Gasteiger partial charge is 0.488 e. The second-order valence-electron chi connectivity index (χ2n) is 4.64. The van der Waals surface area contributed by atoms with Crippen molar-refractivity contribution in [2.45, 2.75) is 33.8 Å². The third-order valence-electron chi connectivity index (χ3n) is 2.70. The van der Waals surface area contributed by atoms with E-state index >= 15 is 0 Å². The Balaban J connectivity index is 2.71. The Morgan fingerprint density at radius 1 is 1.35 bits per heavy atom. The number of likely N-dealkylation sites (N-methyl/N-ethyl adjacent to an activating group) is 1. The minimum atomic E-state index is 0.203. The first-order valence-electron chi connectivity index (χ1n) is 6.18. The van der Waals surface area contributed by atoms with Crippen LogP contribution in [0.4, 0.5) is 0 Å². The summed E-state index contributed by atoms with van der Waals surface area (Å²) < 4.78 is 7.08. The molecule has 1 unspecified atom stereocenters. The molecule has 1 aromatic carbocycles. The summed E-state index contributed by atoms with van der Waals surface area (Å²) in [5, 5.41) is 3.34. The van der Waals surface area contributed by atoms with Crippen LogP contribution in [0.15, 0.2) is 22.7 Å². The molecule has 0 bridgehead atoms. The van der Waals surface area contributed by atoms with E-state index in [-0.39, 0.29) is 6.10 Å². The van der Waals surface area contributed by atoms with Gasteiger partial charge in [-0.25, -0.2) is 0 Å². The Morgan fingerprint density at radius 3 is 2.59 bits per heavy atom. The summed E-state index contributed by atoms with van der Waals surface area (Å²) in [7, 11) is 0. The van der Waals surface area contributed by atoms with Gasteiger partial charge in [0.1, 0.15) is 11.9 Å². The molecule has 0 spiro atoms. The van der Waals surface area contributed by atoms with Crippen LogP contribution < -0.4 is 10.1 Å². The van der Waals surface area contributed by atoms with Gasteiger partial charge in [-0.2, -0.15) is 0 Å². The van der Waals surface area contributed by atoms with Crippen LogP contribution in [0.1, 0.15) is 26.3 Å². The van der Waals surface area contributed by atoms with Crippen molar-refractivity contribution in [2.24, 2.45) is 5.92 Å². The zero-order valence-corrected chi connectivity index (χ0v) is 12.7. The molecular weight excluding hydrogens is 278 g/mol. The fourth-order valence-electron chi connectivity index (χ4n) is 1.56. The van der Waals surface area contributed by atoms with Crippen LogP contribution in [-0.2, 0) is 0 Å². The molecule has 1 rings (SSSR count). The molecule has 0 saturated heterocycles. The van der Waals surface area contributed by atoms with Crippen molar-refractivity contribution in [1.29, 1.82) is 0 Å². The molecule has 2 nitrogen and oxygen atoms in total. The maximum absolute atomic E-state index is 6.05. The van der Waals surface area contributed by atoms with Gasteiger partial charge in [-0.15, -0.1) is 0 Å². The smallest absolute Gasteiger partial charge is 0.133 e. The van der Waals surface area contributed by atoms with Gasteiger partial charge in [0.25, 0.3) is 0 Å². The summed E-state index contributed by atoms with van der Waals surface area (Å²) in [4.78, 5) is 0. The SMILES string of the molecule is CCNCC(Oc1ccc(C)cc1Br)C(C)C. The molecule has 0 aliphatic carbocycles. The molecule has 1 aromatic rings. The molecular formula is C14H22BrNO. The molecule has 0 radical (unpaired) electrons. The number of benzene rings is 1. The molecule has 3 heteroatoms. The zero-order chi connectivity index (χ0) is 12.8. The highest BCUT2D eigenvalue weighted by Gasteiger charge is 2.15. The second-order valence-corrected chi connectivity index (χ2v) is 5.50. The normalized spacial score (nSPS) is 12.8. The van der Waals surface area contributed by atoms with E-state index in [1.807, 2.05) is 6.07 Å². The van der Waals surface area contributed by atoms with Gasteiger partial charge < -0.3 is 10.1 Å². The van der Waals surface area contributed by atoms with Crippen molar-refractivity contribution >= 4 is 15.9 Å². The van der Waals surface area contributed by atoms with Crippen LogP contribution in [0.5, 0.6) is 5.75 Å². The average molecular weight is 300 g/mol. The highest BCUT2D eigenvalue weighted by molar-refractivity contribution is 9.10. The molecule has 0 aromatic heterocycles. The summed E-state index contributed by atoms with van der Waals surface area (Å²) in [5.74, 6) is 1.41. The molecule has 1 N–H and O–H groups in total. The van der Waals surface area contributed by atoms with Crippen molar-refractivity contribution in [3.8, 4) is 5.75 Å². The summed E-state index contributed by atoms with van der Waals surface area (Å²) >= 11 is 3.55. The molecule has 0 saturated carbocycles. The maximum atomic E-state index is 6.05. The predicted molar refractivity (Wildman–Crippen MR) is 76.7 cm³/mol. The first kappa shape index (κ1) is 14.5. The van der Waals surface area contributed by atoms with Crippen LogP contribution in [-0.4, -0.2) is 19.2 Å². The van der Waals surface area contributed by atoms with Gasteiger partial charge >= 0.3 is 0 Å². The molecule has 0 amide bonds. The van der Waals surface area contributed by atoms with E-state index in [1.54, 1.807) is 0 Å². The molecule has 96 valence electrons. The average Bonchev–Trinajstić information content (AvgIpc) is 2.26. The Bertz CT molecular complexity index is 352. The summed E-state index contributed by atoms with van der Waals surface area (Å²) in [6, 6.07) is 6.19. The minimum absolute atomic E-state index is 0.203. The lowest BCUT2D eigenvalue weighted by Crippen LogP contribution is -2.35. The molecule has 0 aliphatic rings. The van der Waals surface area contributed by atoms with Gasteiger partial charge in [0.05, 0.1) is 4.47 Å². The van der Waals surface area contributed by atoms with Crippen molar-refractivity contribution < 1.29 is 4.74 Å². The van der Waals surface area contributed by atoms with Crippen LogP contribution in [0.25, 0.3) is 0 Å². The number of ether oxygens (including phenoxy) is 1. The van der Waals surface area contributed by atoms with Gasteiger partial charge in [-0.1, -0.05) is 26.8 Å². The minimum Gasteiger partial charge on any atom is -0.488 e. The molecule has 1 atom stereocenters. The van der Waals surface area contributed by atoms with E-state index in [0.717, 1.165) is 23.3 Å². The van der Waals surface area contributed by atoms with Crippen molar-refractivity contribution in [3.05, 3.63) is 28.2 Å². The fraction of sp³-hybridized carbons (Fsp3) is 0.571. The molecule has 17 heavy (non-hydrogen) atoms. The third kappa shape index (κ3) is 4.68.